The summed E-state index contributed by atoms with van der Waals surface area (Å²) in [6.07, 6.45) is 6.79. The Labute approximate surface area is 188 Å². The third-order valence-electron chi connectivity index (χ3n) is 6.19. The lowest BCUT2D eigenvalue weighted by molar-refractivity contribution is -0.115. The summed E-state index contributed by atoms with van der Waals surface area (Å²) in [6.45, 7) is 12.7. The summed E-state index contributed by atoms with van der Waals surface area (Å²) >= 11 is 0. The summed E-state index contributed by atoms with van der Waals surface area (Å²) in [5, 5.41) is 0. The summed E-state index contributed by atoms with van der Waals surface area (Å²) in [4.78, 5) is 17.4. The number of Topliss-reactive ketones (excluding diaryl/α,β-unsaturated/α-hetero) is 1. The SMILES string of the molecule is CCN(CC)c1ccc(C=C2CCCC(=O)C2=Cc2ccc(N(CC)CC)cc2)cc1. The smallest absolute Gasteiger partial charge is 0.163 e. The number of allylic oxidation sites excluding steroid dienone is 2. The number of hydrogen-bond acceptors (Lipinski definition) is 3. The number of hydrogen-bond donors (Lipinski definition) is 0. The van der Waals surface area contributed by atoms with E-state index in [1.165, 1.54) is 11.4 Å². The van der Waals surface area contributed by atoms with Crippen LogP contribution in [0.15, 0.2) is 59.7 Å². The van der Waals surface area contributed by atoms with Crippen molar-refractivity contribution in [3.8, 4) is 0 Å². The van der Waals surface area contributed by atoms with Crippen LogP contribution in [-0.2, 0) is 4.79 Å². The van der Waals surface area contributed by atoms with Gasteiger partial charge in [0.05, 0.1) is 0 Å². The number of carbonyl (C=O) groups is 1. The van der Waals surface area contributed by atoms with E-state index in [0.29, 0.717) is 6.42 Å². The molecule has 0 N–H and O–H groups in total. The maximum Gasteiger partial charge on any atom is 0.163 e. The van der Waals surface area contributed by atoms with Gasteiger partial charge in [-0.3, -0.25) is 4.79 Å². The molecule has 0 bridgehead atoms. The van der Waals surface area contributed by atoms with Gasteiger partial charge in [-0.2, -0.15) is 0 Å². The third kappa shape index (κ3) is 5.66. The number of carbonyl (C=O) groups excluding carboxylic acids is 1. The van der Waals surface area contributed by atoms with E-state index in [4.69, 9.17) is 0 Å². The molecule has 0 aromatic heterocycles. The van der Waals surface area contributed by atoms with Crippen molar-refractivity contribution in [1.82, 2.24) is 0 Å². The van der Waals surface area contributed by atoms with Gasteiger partial charge < -0.3 is 9.80 Å². The van der Waals surface area contributed by atoms with E-state index in [-0.39, 0.29) is 5.78 Å². The van der Waals surface area contributed by atoms with Crippen molar-refractivity contribution in [3.63, 3.8) is 0 Å². The maximum absolute atomic E-state index is 12.8. The van der Waals surface area contributed by atoms with Gasteiger partial charge in [0.2, 0.25) is 0 Å². The summed E-state index contributed by atoms with van der Waals surface area (Å²) < 4.78 is 0. The highest BCUT2D eigenvalue weighted by Gasteiger charge is 2.20. The maximum atomic E-state index is 12.8. The Kier molecular flexibility index (Phi) is 8.11. The molecule has 0 spiro atoms. The van der Waals surface area contributed by atoms with Crippen LogP contribution in [0.4, 0.5) is 11.4 Å². The fourth-order valence-electron chi connectivity index (χ4n) is 4.32. The first-order valence-corrected chi connectivity index (χ1v) is 11.7. The van der Waals surface area contributed by atoms with Crippen LogP contribution in [0.1, 0.15) is 58.1 Å². The minimum atomic E-state index is 0.255. The molecule has 31 heavy (non-hydrogen) atoms. The van der Waals surface area contributed by atoms with E-state index >= 15 is 0 Å². The van der Waals surface area contributed by atoms with Crippen LogP contribution in [0, 0.1) is 0 Å². The Morgan fingerprint density at radius 3 is 1.58 bits per heavy atom. The molecule has 0 unspecified atom stereocenters. The van der Waals surface area contributed by atoms with Gasteiger partial charge in [-0.25, -0.2) is 0 Å². The average molecular weight is 417 g/mol. The van der Waals surface area contributed by atoms with E-state index in [1.807, 2.05) is 0 Å². The van der Waals surface area contributed by atoms with Crippen molar-refractivity contribution in [2.24, 2.45) is 0 Å². The van der Waals surface area contributed by atoms with Crippen molar-refractivity contribution < 1.29 is 4.79 Å². The van der Waals surface area contributed by atoms with Crippen LogP contribution >= 0.6 is 0 Å². The monoisotopic (exact) mass is 416 g/mol. The van der Waals surface area contributed by atoms with Crippen molar-refractivity contribution >= 4 is 29.3 Å². The van der Waals surface area contributed by atoms with Crippen molar-refractivity contribution in [2.45, 2.75) is 47.0 Å². The highest BCUT2D eigenvalue weighted by molar-refractivity contribution is 6.05. The second-order valence-corrected chi connectivity index (χ2v) is 8.03. The van der Waals surface area contributed by atoms with Crippen molar-refractivity contribution in [1.29, 1.82) is 0 Å². The molecule has 1 saturated carbocycles. The summed E-state index contributed by atoms with van der Waals surface area (Å²) in [7, 11) is 0. The number of nitrogens with zero attached hydrogens (tertiary/aromatic N) is 2. The van der Waals surface area contributed by atoms with Gasteiger partial charge >= 0.3 is 0 Å². The Morgan fingerprint density at radius 1 is 0.677 bits per heavy atom. The van der Waals surface area contributed by atoms with E-state index in [1.54, 1.807) is 0 Å². The van der Waals surface area contributed by atoms with Gasteiger partial charge in [-0.1, -0.05) is 30.3 Å². The van der Waals surface area contributed by atoms with Gasteiger partial charge in [0, 0.05) is 49.5 Å². The standard InChI is InChI=1S/C28H36N2O/c1-5-29(6-2)25-16-12-22(13-17-25)20-24-10-9-11-28(31)27(24)21-23-14-18-26(19-15-23)30(7-3)8-4/h12-21H,5-11H2,1-4H3. The Morgan fingerprint density at radius 2 is 1.13 bits per heavy atom. The molecule has 3 nitrogen and oxygen atoms in total. The lowest BCUT2D eigenvalue weighted by Gasteiger charge is -2.21. The summed E-state index contributed by atoms with van der Waals surface area (Å²) in [5.41, 5.74) is 6.74. The largest absolute Gasteiger partial charge is 0.372 e. The Balaban J connectivity index is 1.87. The lowest BCUT2D eigenvalue weighted by atomic mass is 9.86. The number of ketones is 1. The average Bonchev–Trinajstić information content (AvgIpc) is 2.80. The van der Waals surface area contributed by atoms with Gasteiger partial charge in [-0.05, 0) is 87.6 Å². The molecule has 1 fully saturated rings. The van der Waals surface area contributed by atoms with Crippen LogP contribution in [-0.4, -0.2) is 32.0 Å². The first kappa shape index (κ1) is 22.9. The Hall–Kier alpha value is -2.81. The third-order valence-corrected chi connectivity index (χ3v) is 6.19. The molecule has 0 amide bonds. The number of rotatable bonds is 8. The van der Waals surface area contributed by atoms with E-state index in [0.717, 1.165) is 61.3 Å². The number of anilines is 2. The molecular weight excluding hydrogens is 380 g/mol. The normalized spacial score (nSPS) is 16.7. The molecule has 2 aromatic carbocycles. The second kappa shape index (κ2) is 11.0. The van der Waals surface area contributed by atoms with Crippen LogP contribution in [0.25, 0.3) is 12.2 Å². The molecule has 164 valence electrons. The highest BCUT2D eigenvalue weighted by atomic mass is 16.1. The zero-order chi connectivity index (χ0) is 22.2. The minimum absolute atomic E-state index is 0.255. The number of benzene rings is 2. The highest BCUT2D eigenvalue weighted by Crippen LogP contribution is 2.30. The van der Waals surface area contributed by atoms with Crippen LogP contribution in [0.5, 0.6) is 0 Å². The molecular formula is C28H36N2O. The molecule has 0 heterocycles. The fourth-order valence-corrected chi connectivity index (χ4v) is 4.32. The van der Waals surface area contributed by atoms with Crippen molar-refractivity contribution in [2.75, 3.05) is 36.0 Å². The fraction of sp³-hybridized carbons (Fsp3) is 0.393. The van der Waals surface area contributed by atoms with Gasteiger partial charge in [0.1, 0.15) is 0 Å². The first-order chi connectivity index (χ1) is 15.1. The van der Waals surface area contributed by atoms with Crippen molar-refractivity contribution in [3.05, 3.63) is 70.8 Å². The zero-order valence-electron chi connectivity index (χ0n) is 19.5. The molecule has 1 aliphatic carbocycles. The zero-order valence-corrected chi connectivity index (χ0v) is 19.5. The quantitative estimate of drug-likeness (QED) is 0.453. The van der Waals surface area contributed by atoms with E-state index in [9.17, 15) is 4.79 Å². The molecule has 3 rings (SSSR count). The minimum Gasteiger partial charge on any atom is -0.372 e. The topological polar surface area (TPSA) is 23.6 Å². The van der Waals surface area contributed by atoms with E-state index < -0.39 is 0 Å². The molecule has 2 aromatic rings. The predicted molar refractivity (Wildman–Crippen MR) is 135 cm³/mol. The lowest BCUT2D eigenvalue weighted by Crippen LogP contribution is -2.21. The molecule has 1 aliphatic rings. The van der Waals surface area contributed by atoms with Crippen LogP contribution < -0.4 is 9.80 Å². The molecule has 0 aliphatic heterocycles. The van der Waals surface area contributed by atoms with Gasteiger partial charge in [0.15, 0.2) is 5.78 Å². The Bertz CT molecular complexity index is 914. The molecule has 0 saturated heterocycles. The molecule has 3 heteroatoms. The second-order valence-electron chi connectivity index (χ2n) is 8.03. The van der Waals surface area contributed by atoms with Gasteiger partial charge in [-0.15, -0.1) is 0 Å². The van der Waals surface area contributed by atoms with Crippen LogP contribution in [0.2, 0.25) is 0 Å². The van der Waals surface area contributed by atoms with Gasteiger partial charge in [0.25, 0.3) is 0 Å². The first-order valence-electron chi connectivity index (χ1n) is 11.7. The van der Waals surface area contributed by atoms with E-state index in [2.05, 4.69) is 98.2 Å². The summed E-state index contributed by atoms with van der Waals surface area (Å²) in [5.74, 6) is 0.255. The predicted octanol–water partition coefficient (Wildman–Crippen LogP) is 6.60. The molecule has 0 atom stereocenters. The summed E-state index contributed by atoms with van der Waals surface area (Å²) in [6, 6.07) is 17.2. The molecule has 0 radical (unpaired) electrons. The van der Waals surface area contributed by atoms with Crippen LogP contribution in [0.3, 0.4) is 0 Å².